The van der Waals surface area contributed by atoms with Crippen molar-refractivity contribution in [3.8, 4) is 0 Å². The molecule has 2 nitrogen and oxygen atoms in total. The molecule has 1 N–H and O–H groups in total. The van der Waals surface area contributed by atoms with E-state index in [1.165, 1.54) is 6.07 Å². The Morgan fingerprint density at radius 1 is 1.50 bits per heavy atom. The molecule has 1 heterocycles. The molecule has 0 saturated carbocycles. The Bertz CT molecular complexity index is 430. The molecule has 1 saturated heterocycles. The van der Waals surface area contributed by atoms with Crippen molar-refractivity contribution in [1.82, 2.24) is 5.32 Å². The first kappa shape index (κ1) is 13.7. The topological polar surface area (TPSA) is 29.1 Å². The molecule has 1 aromatic carbocycles. The summed E-state index contributed by atoms with van der Waals surface area (Å²) in [5.41, 5.74) is 0.493. The Morgan fingerprint density at radius 3 is 3.00 bits per heavy atom. The van der Waals surface area contributed by atoms with Crippen molar-refractivity contribution in [2.45, 2.75) is 25.7 Å². The molecule has 0 aliphatic carbocycles. The van der Waals surface area contributed by atoms with Gasteiger partial charge in [0, 0.05) is 17.3 Å². The highest BCUT2D eigenvalue weighted by Crippen LogP contribution is 2.19. The molecule has 1 aliphatic heterocycles. The van der Waals surface area contributed by atoms with Crippen LogP contribution in [-0.4, -0.2) is 18.9 Å². The van der Waals surface area contributed by atoms with E-state index < -0.39 is 0 Å². The maximum Gasteiger partial charge on any atom is 0.137 e. The monoisotopic (exact) mass is 313 g/mol. The normalized spacial score (nSPS) is 19.8. The molecular weight excluding hydrogens is 297 g/mol. The minimum absolute atomic E-state index is 0.130. The summed E-state index contributed by atoms with van der Waals surface area (Å²) in [5, 5.41) is 3.29. The molecule has 0 spiro atoms. The molecule has 1 atom stereocenters. The molecule has 4 heteroatoms. The van der Waals surface area contributed by atoms with Gasteiger partial charge in [-0.3, -0.25) is 4.79 Å². The van der Waals surface area contributed by atoms with Crippen molar-refractivity contribution in [3.05, 3.63) is 34.1 Å². The van der Waals surface area contributed by atoms with Gasteiger partial charge in [0.25, 0.3) is 0 Å². The van der Waals surface area contributed by atoms with Crippen molar-refractivity contribution < 1.29 is 9.18 Å². The number of halogens is 2. The number of hydrogen-bond donors (Lipinski definition) is 1. The number of piperidine rings is 1. The fourth-order valence-corrected chi connectivity index (χ4v) is 2.70. The lowest BCUT2D eigenvalue weighted by atomic mass is 9.92. The number of rotatable bonds is 4. The second kappa shape index (κ2) is 6.43. The van der Waals surface area contributed by atoms with E-state index in [0.717, 1.165) is 25.9 Å². The summed E-state index contributed by atoms with van der Waals surface area (Å²) in [4.78, 5) is 11.9. The summed E-state index contributed by atoms with van der Waals surface area (Å²) in [5.74, 6) is 0.245. The van der Waals surface area contributed by atoms with Gasteiger partial charge in [-0.15, -0.1) is 0 Å². The van der Waals surface area contributed by atoms with E-state index in [0.29, 0.717) is 22.4 Å². The zero-order chi connectivity index (χ0) is 13.0. The van der Waals surface area contributed by atoms with Gasteiger partial charge in [0.1, 0.15) is 11.6 Å². The third-order valence-corrected chi connectivity index (χ3v) is 3.81. The van der Waals surface area contributed by atoms with Crippen LogP contribution in [0.1, 0.15) is 24.8 Å². The molecule has 0 amide bonds. The highest BCUT2D eigenvalue weighted by molar-refractivity contribution is 9.10. The standard InChI is InChI=1S/C14H17BrFNO/c15-12-4-3-11(14(16)8-12)7-13(18)6-10-2-1-5-17-9-10/h3-4,8,10,17H,1-2,5-7,9H2. The maximum absolute atomic E-state index is 13.6. The lowest BCUT2D eigenvalue weighted by molar-refractivity contribution is -0.119. The van der Waals surface area contributed by atoms with Crippen LogP contribution >= 0.6 is 15.9 Å². The number of benzene rings is 1. The predicted octanol–water partition coefficient (Wildman–Crippen LogP) is 3.09. The van der Waals surface area contributed by atoms with Crippen molar-refractivity contribution in [2.75, 3.05) is 13.1 Å². The quantitative estimate of drug-likeness (QED) is 0.925. The lowest BCUT2D eigenvalue weighted by Gasteiger charge is -2.21. The number of hydrogen-bond acceptors (Lipinski definition) is 2. The van der Waals surface area contributed by atoms with Gasteiger partial charge < -0.3 is 5.32 Å². The second-order valence-corrected chi connectivity index (χ2v) is 5.78. The lowest BCUT2D eigenvalue weighted by Crippen LogP contribution is -2.31. The van der Waals surface area contributed by atoms with Gasteiger partial charge in [0.15, 0.2) is 0 Å². The molecule has 2 rings (SSSR count). The van der Waals surface area contributed by atoms with E-state index in [9.17, 15) is 9.18 Å². The molecule has 1 fully saturated rings. The van der Waals surface area contributed by atoms with Crippen molar-refractivity contribution >= 4 is 21.7 Å². The largest absolute Gasteiger partial charge is 0.316 e. The maximum atomic E-state index is 13.6. The van der Waals surface area contributed by atoms with Crippen LogP contribution in [0.25, 0.3) is 0 Å². The van der Waals surface area contributed by atoms with Crippen LogP contribution in [-0.2, 0) is 11.2 Å². The summed E-state index contributed by atoms with van der Waals surface area (Å²) in [6, 6.07) is 4.86. The van der Waals surface area contributed by atoms with Crippen molar-refractivity contribution in [3.63, 3.8) is 0 Å². The van der Waals surface area contributed by atoms with Crippen LogP contribution in [0, 0.1) is 11.7 Å². The number of nitrogens with one attached hydrogen (secondary N) is 1. The fourth-order valence-electron chi connectivity index (χ4n) is 2.37. The molecule has 0 aromatic heterocycles. The third-order valence-electron chi connectivity index (χ3n) is 3.32. The highest BCUT2D eigenvalue weighted by Gasteiger charge is 2.17. The molecular formula is C14H17BrFNO. The number of carbonyl (C=O) groups is 1. The van der Waals surface area contributed by atoms with Crippen LogP contribution in [0.4, 0.5) is 4.39 Å². The Kier molecular flexibility index (Phi) is 4.89. The Hall–Kier alpha value is -0.740. The van der Waals surface area contributed by atoms with E-state index in [4.69, 9.17) is 0 Å². The van der Waals surface area contributed by atoms with Crippen molar-refractivity contribution in [1.29, 1.82) is 0 Å². The Balaban J connectivity index is 1.90. The number of ketones is 1. The van der Waals surface area contributed by atoms with Gasteiger partial charge in [0.05, 0.1) is 0 Å². The molecule has 0 radical (unpaired) electrons. The fraction of sp³-hybridized carbons (Fsp3) is 0.500. The Labute approximate surface area is 115 Å². The SMILES string of the molecule is O=C(Cc1ccc(Br)cc1F)CC1CCCNC1. The first-order valence-corrected chi connectivity index (χ1v) is 7.11. The minimum atomic E-state index is -0.306. The minimum Gasteiger partial charge on any atom is -0.316 e. The van der Waals surface area contributed by atoms with Gasteiger partial charge in [-0.05, 0) is 49.5 Å². The van der Waals surface area contributed by atoms with Crippen LogP contribution in [0.2, 0.25) is 0 Å². The molecule has 18 heavy (non-hydrogen) atoms. The second-order valence-electron chi connectivity index (χ2n) is 4.87. The average molecular weight is 314 g/mol. The molecule has 98 valence electrons. The molecule has 1 unspecified atom stereocenters. The van der Waals surface area contributed by atoms with Crippen LogP contribution in [0.5, 0.6) is 0 Å². The summed E-state index contributed by atoms with van der Waals surface area (Å²) in [6.07, 6.45) is 2.99. The smallest absolute Gasteiger partial charge is 0.137 e. The van der Waals surface area contributed by atoms with Gasteiger partial charge >= 0.3 is 0 Å². The Morgan fingerprint density at radius 2 is 2.33 bits per heavy atom. The van der Waals surface area contributed by atoms with Crippen LogP contribution < -0.4 is 5.32 Å². The van der Waals surface area contributed by atoms with Crippen LogP contribution in [0.3, 0.4) is 0 Å². The van der Waals surface area contributed by atoms with E-state index >= 15 is 0 Å². The molecule has 0 bridgehead atoms. The molecule has 1 aliphatic rings. The van der Waals surface area contributed by atoms with E-state index in [1.807, 2.05) is 0 Å². The summed E-state index contributed by atoms with van der Waals surface area (Å²) < 4.78 is 14.3. The molecule has 1 aromatic rings. The van der Waals surface area contributed by atoms with Crippen LogP contribution in [0.15, 0.2) is 22.7 Å². The third kappa shape index (κ3) is 3.89. The first-order valence-electron chi connectivity index (χ1n) is 6.31. The summed E-state index contributed by atoms with van der Waals surface area (Å²) in [6.45, 7) is 1.96. The zero-order valence-electron chi connectivity index (χ0n) is 10.2. The summed E-state index contributed by atoms with van der Waals surface area (Å²) >= 11 is 3.21. The van der Waals surface area contributed by atoms with Gasteiger partial charge in [-0.25, -0.2) is 4.39 Å². The van der Waals surface area contributed by atoms with Crippen molar-refractivity contribution in [2.24, 2.45) is 5.92 Å². The van der Waals surface area contributed by atoms with E-state index in [2.05, 4.69) is 21.2 Å². The number of Topliss-reactive ketones (excluding diaryl/α,β-unsaturated/α-hetero) is 1. The van der Waals surface area contributed by atoms with E-state index in [1.54, 1.807) is 12.1 Å². The van der Waals surface area contributed by atoms with Gasteiger partial charge in [-0.2, -0.15) is 0 Å². The number of carbonyl (C=O) groups excluding carboxylic acids is 1. The zero-order valence-corrected chi connectivity index (χ0v) is 11.8. The first-order chi connectivity index (χ1) is 8.65. The highest BCUT2D eigenvalue weighted by atomic mass is 79.9. The van der Waals surface area contributed by atoms with Gasteiger partial charge in [-0.1, -0.05) is 22.0 Å². The summed E-state index contributed by atoms with van der Waals surface area (Å²) in [7, 11) is 0. The van der Waals surface area contributed by atoms with Gasteiger partial charge in [0.2, 0.25) is 0 Å². The predicted molar refractivity (Wildman–Crippen MR) is 73.0 cm³/mol. The van der Waals surface area contributed by atoms with E-state index in [-0.39, 0.29) is 18.0 Å². The average Bonchev–Trinajstić information content (AvgIpc) is 2.34.